The summed E-state index contributed by atoms with van der Waals surface area (Å²) in [6.45, 7) is 6.36. The molecule has 1 unspecified atom stereocenters. The maximum absolute atomic E-state index is 14.0. The zero-order chi connectivity index (χ0) is 27.5. The van der Waals surface area contributed by atoms with Crippen molar-refractivity contribution in [3.8, 4) is 5.75 Å². The number of piperazine rings is 1. The summed E-state index contributed by atoms with van der Waals surface area (Å²) in [5.41, 5.74) is 0.682. The average Bonchev–Trinajstić information content (AvgIpc) is 2.92. The molecule has 0 aliphatic carbocycles. The van der Waals surface area contributed by atoms with Gasteiger partial charge in [0.05, 0.1) is 13.7 Å². The molecule has 0 saturated carbocycles. The van der Waals surface area contributed by atoms with Gasteiger partial charge < -0.3 is 19.6 Å². The highest BCUT2D eigenvalue weighted by molar-refractivity contribution is 6.00. The van der Waals surface area contributed by atoms with Gasteiger partial charge >= 0.3 is 5.97 Å². The quantitative estimate of drug-likeness (QED) is 0.517. The standard InChI is InChI=1S/C31H34N2O5/c1-30(2,3)25-16-15-24(19-26(25)38-4)28(35)33-18-17-32(27(34)23-13-9-6-10-14-23)21-31(33,29(36)37)20-22-11-7-5-8-12-22/h5-16,19H,17-18,20-21H2,1-4H3,(H,36,37). The van der Waals surface area contributed by atoms with Gasteiger partial charge in [0, 0.05) is 30.6 Å². The van der Waals surface area contributed by atoms with E-state index in [0.717, 1.165) is 11.1 Å². The fraction of sp³-hybridized carbons (Fsp3) is 0.323. The Hall–Kier alpha value is -4.13. The van der Waals surface area contributed by atoms with Crippen molar-refractivity contribution in [2.45, 2.75) is 38.1 Å². The molecule has 1 aliphatic heterocycles. The summed E-state index contributed by atoms with van der Waals surface area (Å²) in [6, 6.07) is 23.3. The minimum Gasteiger partial charge on any atom is -0.496 e. The van der Waals surface area contributed by atoms with Gasteiger partial charge in [-0.15, -0.1) is 0 Å². The van der Waals surface area contributed by atoms with Crippen LogP contribution >= 0.6 is 0 Å². The van der Waals surface area contributed by atoms with E-state index < -0.39 is 17.4 Å². The number of amides is 2. The lowest BCUT2D eigenvalue weighted by atomic mass is 9.84. The van der Waals surface area contributed by atoms with Crippen LogP contribution in [0.15, 0.2) is 78.9 Å². The van der Waals surface area contributed by atoms with Gasteiger partial charge in [-0.05, 0) is 40.8 Å². The van der Waals surface area contributed by atoms with Crippen molar-refractivity contribution < 1.29 is 24.2 Å². The molecule has 3 aromatic carbocycles. The van der Waals surface area contributed by atoms with Crippen LogP contribution < -0.4 is 4.74 Å². The van der Waals surface area contributed by atoms with Crippen LogP contribution in [0.4, 0.5) is 0 Å². The number of carbonyl (C=O) groups is 3. The maximum Gasteiger partial charge on any atom is 0.331 e. The molecule has 2 amide bonds. The first-order valence-electron chi connectivity index (χ1n) is 12.7. The third kappa shape index (κ3) is 5.28. The van der Waals surface area contributed by atoms with E-state index in [1.807, 2.05) is 42.5 Å². The molecule has 1 heterocycles. The highest BCUT2D eigenvalue weighted by atomic mass is 16.5. The number of carboxylic acids is 1. The Kier molecular flexibility index (Phi) is 7.58. The fourth-order valence-electron chi connectivity index (χ4n) is 5.09. The van der Waals surface area contributed by atoms with Crippen LogP contribution in [-0.2, 0) is 16.6 Å². The van der Waals surface area contributed by atoms with Gasteiger partial charge in [0.1, 0.15) is 5.75 Å². The summed E-state index contributed by atoms with van der Waals surface area (Å²) >= 11 is 0. The minimum absolute atomic E-state index is 0.0602. The topological polar surface area (TPSA) is 87.2 Å². The van der Waals surface area contributed by atoms with Crippen molar-refractivity contribution in [3.05, 3.63) is 101 Å². The first kappa shape index (κ1) is 26.9. The fourth-order valence-corrected chi connectivity index (χ4v) is 5.09. The molecule has 0 aromatic heterocycles. The molecule has 198 valence electrons. The van der Waals surface area contributed by atoms with E-state index in [4.69, 9.17) is 4.74 Å². The van der Waals surface area contributed by atoms with Crippen molar-refractivity contribution >= 4 is 17.8 Å². The van der Waals surface area contributed by atoms with Crippen LogP contribution in [-0.4, -0.2) is 65.0 Å². The number of methoxy groups -OCH3 is 1. The Balaban J connectivity index is 1.76. The van der Waals surface area contributed by atoms with E-state index in [9.17, 15) is 19.5 Å². The highest BCUT2D eigenvalue weighted by Crippen LogP contribution is 2.34. The number of carbonyl (C=O) groups excluding carboxylic acids is 2. The van der Waals surface area contributed by atoms with Crippen LogP contribution in [0.25, 0.3) is 0 Å². The molecular weight excluding hydrogens is 480 g/mol. The Morgan fingerprint density at radius 3 is 2.08 bits per heavy atom. The van der Waals surface area contributed by atoms with Gasteiger partial charge in [-0.1, -0.05) is 75.4 Å². The summed E-state index contributed by atoms with van der Waals surface area (Å²) in [4.78, 5) is 43.4. The SMILES string of the molecule is COc1cc(C(=O)N2CCN(C(=O)c3ccccc3)CC2(Cc2ccccc2)C(=O)O)ccc1C(C)(C)C. The van der Waals surface area contributed by atoms with E-state index in [1.165, 1.54) is 4.90 Å². The number of nitrogens with zero attached hydrogens (tertiary/aromatic N) is 2. The first-order chi connectivity index (χ1) is 18.1. The molecule has 1 fully saturated rings. The van der Waals surface area contributed by atoms with Crippen LogP contribution in [0.5, 0.6) is 5.75 Å². The summed E-state index contributed by atoms with van der Waals surface area (Å²) in [5, 5.41) is 10.7. The van der Waals surface area contributed by atoms with Crippen molar-refractivity contribution in [1.82, 2.24) is 9.80 Å². The highest BCUT2D eigenvalue weighted by Gasteiger charge is 2.51. The van der Waals surface area contributed by atoms with Crippen LogP contribution in [0.1, 0.15) is 52.6 Å². The van der Waals surface area contributed by atoms with E-state index in [2.05, 4.69) is 20.8 Å². The van der Waals surface area contributed by atoms with Crippen molar-refractivity contribution in [3.63, 3.8) is 0 Å². The summed E-state index contributed by atoms with van der Waals surface area (Å²) < 4.78 is 5.60. The van der Waals surface area contributed by atoms with Crippen molar-refractivity contribution in [1.29, 1.82) is 0 Å². The number of benzene rings is 3. The zero-order valence-electron chi connectivity index (χ0n) is 22.3. The molecule has 1 atom stereocenters. The number of hydrogen-bond acceptors (Lipinski definition) is 4. The van der Waals surface area contributed by atoms with Gasteiger partial charge in [-0.2, -0.15) is 0 Å². The van der Waals surface area contributed by atoms with Gasteiger partial charge in [-0.25, -0.2) is 4.79 Å². The first-order valence-corrected chi connectivity index (χ1v) is 12.7. The summed E-state index contributed by atoms with van der Waals surface area (Å²) in [7, 11) is 1.56. The van der Waals surface area contributed by atoms with Gasteiger partial charge in [0.25, 0.3) is 11.8 Å². The van der Waals surface area contributed by atoms with E-state index >= 15 is 0 Å². The van der Waals surface area contributed by atoms with Gasteiger partial charge in [0.15, 0.2) is 5.54 Å². The van der Waals surface area contributed by atoms with E-state index in [-0.39, 0.29) is 37.4 Å². The number of hydrogen-bond donors (Lipinski definition) is 1. The maximum atomic E-state index is 14.0. The molecule has 0 radical (unpaired) electrons. The third-order valence-electron chi connectivity index (χ3n) is 7.11. The molecule has 1 saturated heterocycles. The molecule has 0 spiro atoms. The minimum atomic E-state index is -1.66. The van der Waals surface area contributed by atoms with Gasteiger partial charge in [0.2, 0.25) is 0 Å². The predicted molar refractivity (Wildman–Crippen MR) is 146 cm³/mol. The second-order valence-corrected chi connectivity index (χ2v) is 10.7. The average molecular weight is 515 g/mol. The second kappa shape index (κ2) is 10.7. The molecule has 1 aliphatic rings. The van der Waals surface area contributed by atoms with Crippen LogP contribution in [0, 0.1) is 0 Å². The largest absolute Gasteiger partial charge is 0.496 e. The second-order valence-electron chi connectivity index (χ2n) is 10.7. The molecule has 0 bridgehead atoms. The predicted octanol–water partition coefficient (Wildman–Crippen LogP) is 4.66. The molecule has 7 nitrogen and oxygen atoms in total. The summed E-state index contributed by atoms with van der Waals surface area (Å²) in [5.74, 6) is -1.25. The van der Waals surface area contributed by atoms with Gasteiger partial charge in [-0.3, -0.25) is 9.59 Å². The molecule has 4 rings (SSSR count). The number of rotatable bonds is 6. The lowest BCUT2D eigenvalue weighted by Gasteiger charge is -2.48. The number of ether oxygens (including phenoxy) is 1. The van der Waals surface area contributed by atoms with Crippen LogP contribution in [0.2, 0.25) is 0 Å². The van der Waals surface area contributed by atoms with Crippen molar-refractivity contribution in [2.24, 2.45) is 0 Å². The molecule has 1 N–H and O–H groups in total. The van der Waals surface area contributed by atoms with E-state index in [1.54, 1.807) is 48.4 Å². The number of carboxylic acid groups (broad SMARTS) is 1. The molecule has 38 heavy (non-hydrogen) atoms. The third-order valence-corrected chi connectivity index (χ3v) is 7.11. The van der Waals surface area contributed by atoms with Crippen molar-refractivity contribution in [2.75, 3.05) is 26.7 Å². The summed E-state index contributed by atoms with van der Waals surface area (Å²) in [6.07, 6.45) is 0.0602. The monoisotopic (exact) mass is 514 g/mol. The molecular formula is C31H34N2O5. The smallest absolute Gasteiger partial charge is 0.331 e. The Labute approximate surface area is 223 Å². The normalized spacial score (nSPS) is 17.7. The Morgan fingerprint density at radius 2 is 1.50 bits per heavy atom. The Bertz CT molecular complexity index is 1320. The Morgan fingerprint density at radius 1 is 0.868 bits per heavy atom. The lowest BCUT2D eigenvalue weighted by molar-refractivity contribution is -0.153. The number of aliphatic carboxylic acids is 1. The zero-order valence-corrected chi connectivity index (χ0v) is 22.3. The van der Waals surface area contributed by atoms with Crippen LogP contribution in [0.3, 0.4) is 0 Å². The lowest BCUT2D eigenvalue weighted by Crippen LogP contribution is -2.69. The van der Waals surface area contributed by atoms with E-state index in [0.29, 0.717) is 16.9 Å². The molecule has 7 heteroatoms. The molecule has 3 aromatic rings.